The minimum absolute atomic E-state index is 0.234. The van der Waals surface area contributed by atoms with E-state index < -0.39 is 5.60 Å². The maximum absolute atomic E-state index is 11.5. The SMILES string of the molecule is COc1cc(N)cc(/C(C)=N/OCCCC(=O)OC(C)(C)C)c1. The monoisotopic (exact) mass is 322 g/mol. The highest BCUT2D eigenvalue weighted by atomic mass is 16.6. The summed E-state index contributed by atoms with van der Waals surface area (Å²) in [6.45, 7) is 7.69. The number of methoxy groups -OCH3 is 1. The first kappa shape index (κ1) is 18.8. The maximum Gasteiger partial charge on any atom is 0.306 e. The molecule has 0 atom stereocenters. The van der Waals surface area contributed by atoms with Crippen LogP contribution in [0.15, 0.2) is 23.4 Å². The molecule has 6 heteroatoms. The molecule has 23 heavy (non-hydrogen) atoms. The number of nitrogens with two attached hydrogens (primary N) is 1. The van der Waals surface area contributed by atoms with Crippen molar-refractivity contribution < 1.29 is 19.1 Å². The smallest absolute Gasteiger partial charge is 0.306 e. The minimum Gasteiger partial charge on any atom is -0.497 e. The molecule has 0 saturated carbocycles. The zero-order chi connectivity index (χ0) is 17.5. The summed E-state index contributed by atoms with van der Waals surface area (Å²) in [5.74, 6) is 0.432. The van der Waals surface area contributed by atoms with Crippen LogP contribution in [0.4, 0.5) is 5.69 Å². The molecule has 2 N–H and O–H groups in total. The van der Waals surface area contributed by atoms with Crippen molar-refractivity contribution in [1.29, 1.82) is 0 Å². The normalized spacial score (nSPS) is 12.0. The molecule has 6 nitrogen and oxygen atoms in total. The van der Waals surface area contributed by atoms with Gasteiger partial charge < -0.3 is 20.0 Å². The van der Waals surface area contributed by atoms with Gasteiger partial charge in [0, 0.05) is 23.7 Å². The molecule has 0 heterocycles. The Labute approximate surface area is 137 Å². The van der Waals surface area contributed by atoms with Crippen molar-refractivity contribution in [3.8, 4) is 5.75 Å². The average Bonchev–Trinajstić information content (AvgIpc) is 2.44. The second kappa shape index (κ2) is 8.41. The highest BCUT2D eigenvalue weighted by molar-refractivity contribution is 5.99. The minimum atomic E-state index is -0.459. The second-order valence-electron chi connectivity index (χ2n) is 6.19. The van der Waals surface area contributed by atoms with Gasteiger partial charge in [-0.05, 0) is 46.2 Å². The summed E-state index contributed by atoms with van der Waals surface area (Å²) in [5.41, 5.74) is 7.46. The Bertz CT molecular complexity index is 562. The van der Waals surface area contributed by atoms with Gasteiger partial charge in [-0.1, -0.05) is 5.16 Å². The van der Waals surface area contributed by atoms with Crippen molar-refractivity contribution in [3.63, 3.8) is 0 Å². The van der Waals surface area contributed by atoms with Gasteiger partial charge in [-0.3, -0.25) is 4.79 Å². The van der Waals surface area contributed by atoms with Crippen molar-refractivity contribution >= 4 is 17.4 Å². The third-order valence-corrected chi connectivity index (χ3v) is 2.82. The van der Waals surface area contributed by atoms with E-state index in [0.717, 1.165) is 5.56 Å². The van der Waals surface area contributed by atoms with Crippen molar-refractivity contribution in [2.24, 2.45) is 5.16 Å². The Morgan fingerprint density at radius 2 is 1.96 bits per heavy atom. The summed E-state index contributed by atoms with van der Waals surface area (Å²) >= 11 is 0. The highest BCUT2D eigenvalue weighted by Gasteiger charge is 2.15. The number of nitrogen functional groups attached to an aromatic ring is 1. The van der Waals surface area contributed by atoms with Crippen LogP contribution in [0.5, 0.6) is 5.75 Å². The Hall–Kier alpha value is -2.24. The second-order valence-corrected chi connectivity index (χ2v) is 6.19. The third kappa shape index (κ3) is 7.54. The van der Waals surface area contributed by atoms with Crippen molar-refractivity contribution in [1.82, 2.24) is 0 Å². The third-order valence-electron chi connectivity index (χ3n) is 2.82. The molecule has 0 amide bonds. The first-order valence-electron chi connectivity index (χ1n) is 7.54. The number of nitrogens with zero attached hydrogens (tertiary/aromatic N) is 1. The van der Waals surface area contributed by atoms with Gasteiger partial charge in [-0.25, -0.2) is 0 Å². The van der Waals surface area contributed by atoms with Gasteiger partial charge in [0.1, 0.15) is 18.0 Å². The number of hydrogen-bond donors (Lipinski definition) is 1. The zero-order valence-electron chi connectivity index (χ0n) is 14.5. The summed E-state index contributed by atoms with van der Waals surface area (Å²) in [6.07, 6.45) is 0.851. The molecule has 1 aromatic rings. The van der Waals surface area contributed by atoms with E-state index >= 15 is 0 Å². The van der Waals surface area contributed by atoms with Gasteiger partial charge in [0.25, 0.3) is 0 Å². The summed E-state index contributed by atoms with van der Waals surface area (Å²) in [7, 11) is 1.58. The molecule has 1 aromatic carbocycles. The van der Waals surface area contributed by atoms with Crippen LogP contribution in [0.1, 0.15) is 46.1 Å². The lowest BCUT2D eigenvalue weighted by atomic mass is 10.1. The Morgan fingerprint density at radius 1 is 1.26 bits per heavy atom. The van der Waals surface area contributed by atoms with Crippen LogP contribution >= 0.6 is 0 Å². The van der Waals surface area contributed by atoms with E-state index in [9.17, 15) is 4.79 Å². The van der Waals surface area contributed by atoms with Crippen LogP contribution in [0.2, 0.25) is 0 Å². The fourth-order valence-electron chi connectivity index (χ4n) is 1.82. The standard InChI is InChI=1S/C17H26N2O4/c1-12(13-9-14(18)11-15(10-13)21-5)19-22-8-6-7-16(20)23-17(2,3)4/h9-11H,6-8,18H2,1-5H3/b19-12+. The molecule has 0 saturated heterocycles. The van der Waals surface area contributed by atoms with Gasteiger partial charge in [-0.2, -0.15) is 0 Å². The van der Waals surface area contributed by atoms with Crippen LogP contribution in [-0.4, -0.2) is 31.0 Å². The number of hydrogen-bond acceptors (Lipinski definition) is 6. The number of oxime groups is 1. The molecule has 0 aliphatic heterocycles. The first-order valence-corrected chi connectivity index (χ1v) is 7.54. The molecule has 0 aromatic heterocycles. The van der Waals surface area contributed by atoms with Gasteiger partial charge in [0.15, 0.2) is 0 Å². The van der Waals surface area contributed by atoms with Crippen LogP contribution in [0.3, 0.4) is 0 Å². The molecule has 0 fully saturated rings. The fourth-order valence-corrected chi connectivity index (χ4v) is 1.82. The number of carbonyl (C=O) groups excluding carboxylic acids is 1. The number of rotatable bonds is 7. The number of ether oxygens (including phenoxy) is 2. The molecule has 0 bridgehead atoms. The zero-order valence-corrected chi connectivity index (χ0v) is 14.5. The number of benzene rings is 1. The van der Waals surface area contributed by atoms with Gasteiger partial charge >= 0.3 is 5.97 Å². The lowest BCUT2D eigenvalue weighted by Crippen LogP contribution is -2.23. The lowest BCUT2D eigenvalue weighted by Gasteiger charge is -2.19. The van der Waals surface area contributed by atoms with E-state index in [1.54, 1.807) is 19.2 Å². The van der Waals surface area contributed by atoms with E-state index in [2.05, 4.69) is 5.16 Å². The lowest BCUT2D eigenvalue weighted by molar-refractivity contribution is -0.155. The van der Waals surface area contributed by atoms with E-state index in [-0.39, 0.29) is 5.97 Å². The Kier molecular flexibility index (Phi) is 6.88. The van der Waals surface area contributed by atoms with Crippen molar-refractivity contribution in [2.75, 3.05) is 19.5 Å². The molecule has 0 spiro atoms. The first-order chi connectivity index (χ1) is 10.7. The predicted octanol–water partition coefficient (Wildman–Crippen LogP) is 3.14. The molecular formula is C17H26N2O4. The molecule has 1 rings (SSSR count). The van der Waals surface area contributed by atoms with Crippen LogP contribution in [0.25, 0.3) is 0 Å². The summed E-state index contributed by atoms with van der Waals surface area (Å²) in [6, 6.07) is 5.36. The molecule has 0 aliphatic rings. The summed E-state index contributed by atoms with van der Waals surface area (Å²) in [4.78, 5) is 16.8. The molecule has 128 valence electrons. The molecular weight excluding hydrogens is 296 g/mol. The molecule has 0 unspecified atom stereocenters. The maximum atomic E-state index is 11.5. The predicted molar refractivity (Wildman–Crippen MR) is 90.6 cm³/mol. The van der Waals surface area contributed by atoms with Gasteiger partial charge in [0.05, 0.1) is 12.8 Å². The fraction of sp³-hybridized carbons (Fsp3) is 0.529. The number of esters is 1. The number of anilines is 1. The van der Waals surface area contributed by atoms with Gasteiger partial charge in [-0.15, -0.1) is 0 Å². The van der Waals surface area contributed by atoms with E-state index in [4.69, 9.17) is 20.0 Å². The van der Waals surface area contributed by atoms with Crippen molar-refractivity contribution in [2.45, 2.75) is 46.1 Å². The summed E-state index contributed by atoms with van der Waals surface area (Å²) < 4.78 is 10.4. The van der Waals surface area contributed by atoms with Crippen LogP contribution < -0.4 is 10.5 Å². The average molecular weight is 322 g/mol. The number of carbonyl (C=O) groups is 1. The molecule has 0 aliphatic carbocycles. The largest absolute Gasteiger partial charge is 0.497 e. The van der Waals surface area contributed by atoms with E-state index in [1.807, 2.05) is 33.8 Å². The molecule has 0 radical (unpaired) electrons. The van der Waals surface area contributed by atoms with Gasteiger partial charge in [0.2, 0.25) is 0 Å². The van der Waals surface area contributed by atoms with Crippen LogP contribution in [0, 0.1) is 0 Å². The van der Waals surface area contributed by atoms with E-state index in [0.29, 0.717) is 36.6 Å². The van der Waals surface area contributed by atoms with Crippen LogP contribution in [-0.2, 0) is 14.4 Å². The van der Waals surface area contributed by atoms with E-state index in [1.165, 1.54) is 0 Å². The van der Waals surface area contributed by atoms with Crippen molar-refractivity contribution in [3.05, 3.63) is 23.8 Å². The Balaban J connectivity index is 2.43. The summed E-state index contributed by atoms with van der Waals surface area (Å²) in [5, 5.41) is 4.04. The highest BCUT2D eigenvalue weighted by Crippen LogP contribution is 2.19. The quantitative estimate of drug-likeness (QED) is 0.274. The topological polar surface area (TPSA) is 83.1 Å². The Morgan fingerprint density at radius 3 is 2.57 bits per heavy atom.